The van der Waals surface area contributed by atoms with E-state index in [0.29, 0.717) is 19.6 Å². The van der Waals surface area contributed by atoms with Crippen molar-refractivity contribution in [2.45, 2.75) is 213 Å². The van der Waals surface area contributed by atoms with Gasteiger partial charge in [-0.25, -0.2) is 0 Å². The average molecular weight is 678 g/mol. The second-order valence-electron chi connectivity index (χ2n) is 14.1. The molecule has 0 bridgehead atoms. The van der Waals surface area contributed by atoms with E-state index in [4.69, 9.17) is 14.6 Å². The molecule has 0 aliphatic rings. The second kappa shape index (κ2) is 42.0. The Morgan fingerprint density at radius 3 is 1.38 bits per heavy atom. The second-order valence-corrected chi connectivity index (χ2v) is 14.1. The summed E-state index contributed by atoms with van der Waals surface area (Å²) in [6, 6.07) is 0. The number of nitrogens with one attached hydrogen (secondary N) is 1. The van der Waals surface area contributed by atoms with Crippen LogP contribution >= 0.6 is 0 Å². The molecule has 0 saturated carbocycles. The Labute approximate surface area is 299 Å². The van der Waals surface area contributed by atoms with Gasteiger partial charge in [0.05, 0.1) is 12.7 Å². The highest BCUT2D eigenvalue weighted by atomic mass is 16.5. The molecule has 0 heterocycles. The van der Waals surface area contributed by atoms with Gasteiger partial charge in [0.2, 0.25) is 0 Å². The number of rotatable bonds is 41. The molecule has 0 aromatic carbocycles. The molecule has 0 amide bonds. The van der Waals surface area contributed by atoms with Gasteiger partial charge in [0.25, 0.3) is 0 Å². The molecule has 0 radical (unpaired) electrons. The first kappa shape index (κ1) is 46.8. The van der Waals surface area contributed by atoms with E-state index in [1.165, 1.54) is 167 Å². The van der Waals surface area contributed by atoms with Crippen molar-refractivity contribution in [3.63, 3.8) is 0 Å². The van der Waals surface area contributed by atoms with Crippen molar-refractivity contribution in [3.05, 3.63) is 24.3 Å². The van der Waals surface area contributed by atoms with Gasteiger partial charge in [-0.05, 0) is 77.2 Å². The fourth-order valence-corrected chi connectivity index (χ4v) is 6.06. The molecule has 1 atom stereocenters. The highest BCUT2D eigenvalue weighted by molar-refractivity contribution is 5.66. The fraction of sp³-hybridized carbons (Fsp3) is 0.884. The minimum atomic E-state index is -0.733. The lowest BCUT2D eigenvalue weighted by atomic mass is 10.1. The first-order valence-electron chi connectivity index (χ1n) is 21.1. The number of carbonyl (C=O) groups is 1. The van der Waals surface area contributed by atoms with Crippen LogP contribution in [0.4, 0.5) is 0 Å². The van der Waals surface area contributed by atoms with Crippen LogP contribution in [0.2, 0.25) is 0 Å². The van der Waals surface area contributed by atoms with Crippen LogP contribution in [-0.2, 0) is 14.3 Å². The molecule has 0 aliphatic heterocycles. The molecule has 0 spiro atoms. The van der Waals surface area contributed by atoms with Crippen LogP contribution in [0.3, 0.4) is 0 Å². The van der Waals surface area contributed by atoms with E-state index in [-0.39, 0.29) is 12.5 Å². The summed E-state index contributed by atoms with van der Waals surface area (Å²) >= 11 is 0. The van der Waals surface area contributed by atoms with Crippen molar-refractivity contribution >= 4 is 5.97 Å². The van der Waals surface area contributed by atoms with Gasteiger partial charge in [-0.1, -0.05) is 154 Å². The number of allylic oxidation sites excluding steroid dienone is 4. The molecule has 0 fully saturated rings. The van der Waals surface area contributed by atoms with Crippen LogP contribution in [0.5, 0.6) is 0 Å². The minimum absolute atomic E-state index is 0.0343. The van der Waals surface area contributed by atoms with Crippen LogP contribution in [0, 0.1) is 0 Å². The number of hydrogen-bond acceptors (Lipinski definition) is 4. The first-order valence-corrected chi connectivity index (χ1v) is 21.1. The zero-order chi connectivity index (χ0) is 34.9. The Hall–Kier alpha value is -1.17. The van der Waals surface area contributed by atoms with E-state index < -0.39 is 5.97 Å². The number of carboxylic acids is 1. The lowest BCUT2D eigenvalue weighted by Gasteiger charge is -2.19. The van der Waals surface area contributed by atoms with E-state index in [0.717, 1.165) is 32.6 Å². The smallest absolute Gasteiger partial charge is 0.303 e. The maximum Gasteiger partial charge on any atom is 0.303 e. The Morgan fingerprint density at radius 2 is 0.938 bits per heavy atom. The maximum atomic E-state index is 10.8. The van der Waals surface area contributed by atoms with Crippen molar-refractivity contribution in [2.24, 2.45) is 0 Å². The predicted octanol–water partition coefficient (Wildman–Crippen LogP) is 12.9. The van der Waals surface area contributed by atoms with Crippen LogP contribution < -0.4 is 5.32 Å². The van der Waals surface area contributed by atoms with Crippen LogP contribution in [0.15, 0.2) is 24.3 Å². The van der Waals surface area contributed by atoms with Gasteiger partial charge in [0, 0.05) is 26.2 Å². The molecule has 0 aromatic rings. The summed E-state index contributed by atoms with van der Waals surface area (Å²) in [5.41, 5.74) is 0. The number of unbranched alkanes of at least 4 members (excludes halogenated alkanes) is 24. The number of hydrogen-bond donors (Lipinski definition) is 2. The van der Waals surface area contributed by atoms with E-state index in [1.54, 1.807) is 0 Å². The molecule has 1 unspecified atom stereocenters. The molecule has 5 heteroatoms. The summed E-state index contributed by atoms with van der Waals surface area (Å²) in [4.78, 5) is 10.8. The van der Waals surface area contributed by atoms with E-state index in [2.05, 4.69) is 43.5 Å². The summed E-state index contributed by atoms with van der Waals surface area (Å²) in [5.74, 6) is -0.733. The molecule has 0 saturated heterocycles. The highest BCUT2D eigenvalue weighted by Crippen LogP contribution is 2.12. The molecule has 2 N–H and O–H groups in total. The normalized spacial score (nSPS) is 12.5. The van der Waals surface area contributed by atoms with Crippen LogP contribution in [-0.4, -0.2) is 50.1 Å². The zero-order valence-corrected chi connectivity index (χ0v) is 32.3. The van der Waals surface area contributed by atoms with Gasteiger partial charge >= 0.3 is 5.97 Å². The summed E-state index contributed by atoms with van der Waals surface area (Å²) in [5, 5.41) is 12.3. The van der Waals surface area contributed by atoms with E-state index in [9.17, 15) is 4.79 Å². The Bertz CT molecular complexity index is 680. The average Bonchev–Trinajstić information content (AvgIpc) is 3.08. The van der Waals surface area contributed by atoms with Crippen molar-refractivity contribution in [3.8, 4) is 0 Å². The SMILES string of the molecule is CCCCCCCC/C=C\CCCCCCCCOCC(CNCCCC(=O)O)OCCCCCCCC/C=C\CCCCCCCC. The largest absolute Gasteiger partial charge is 0.481 e. The van der Waals surface area contributed by atoms with Gasteiger partial charge in [0.1, 0.15) is 0 Å². The molecular formula is C43H83NO4. The van der Waals surface area contributed by atoms with Gasteiger partial charge < -0.3 is 19.9 Å². The monoisotopic (exact) mass is 678 g/mol. The van der Waals surface area contributed by atoms with E-state index in [1.807, 2.05) is 0 Å². The molecule has 0 aromatic heterocycles. The molecule has 48 heavy (non-hydrogen) atoms. The topological polar surface area (TPSA) is 67.8 Å². The fourth-order valence-electron chi connectivity index (χ4n) is 6.06. The highest BCUT2D eigenvalue weighted by Gasteiger charge is 2.09. The maximum absolute atomic E-state index is 10.8. The van der Waals surface area contributed by atoms with Crippen LogP contribution in [0.25, 0.3) is 0 Å². The lowest BCUT2D eigenvalue weighted by molar-refractivity contribution is -0.137. The lowest BCUT2D eigenvalue weighted by Crippen LogP contribution is -2.34. The number of ether oxygens (including phenoxy) is 2. The van der Waals surface area contributed by atoms with Gasteiger partial charge in [-0.2, -0.15) is 0 Å². The standard InChI is InChI=1S/C43H83NO4/c1-3-5-7-9-11-13-15-17-19-21-23-25-27-29-31-33-38-47-41-42(40-44-37-35-36-43(45)46)48-39-34-32-30-28-26-24-22-20-18-16-14-12-10-8-6-4-2/h17-20,42,44H,3-16,21-41H2,1-2H3,(H,45,46)/b19-17-,20-18-. The third kappa shape index (κ3) is 41.0. The predicted molar refractivity (Wildman–Crippen MR) is 209 cm³/mol. The Morgan fingerprint density at radius 1 is 0.542 bits per heavy atom. The molecule has 0 aliphatic carbocycles. The summed E-state index contributed by atoms with van der Waals surface area (Å²) in [7, 11) is 0. The van der Waals surface area contributed by atoms with Crippen molar-refractivity contribution in [2.75, 3.05) is 32.9 Å². The molecule has 0 rings (SSSR count). The summed E-state index contributed by atoms with van der Waals surface area (Å²) in [6.07, 6.45) is 47.3. The third-order valence-electron chi connectivity index (χ3n) is 9.23. The molecular weight excluding hydrogens is 594 g/mol. The Kier molecular flexibility index (Phi) is 41.0. The first-order chi connectivity index (χ1) is 23.7. The van der Waals surface area contributed by atoms with Gasteiger partial charge in [-0.15, -0.1) is 0 Å². The summed E-state index contributed by atoms with van der Waals surface area (Å²) in [6.45, 7) is 8.18. The molecule has 284 valence electrons. The quantitative estimate of drug-likeness (QED) is 0.0498. The number of carboxylic acid groups (broad SMARTS) is 1. The summed E-state index contributed by atoms with van der Waals surface area (Å²) < 4.78 is 12.2. The minimum Gasteiger partial charge on any atom is -0.481 e. The van der Waals surface area contributed by atoms with Crippen LogP contribution in [0.1, 0.15) is 206 Å². The van der Waals surface area contributed by atoms with Crippen molar-refractivity contribution in [1.29, 1.82) is 0 Å². The number of aliphatic carboxylic acids is 1. The van der Waals surface area contributed by atoms with E-state index >= 15 is 0 Å². The van der Waals surface area contributed by atoms with Gasteiger partial charge in [0.15, 0.2) is 0 Å². The zero-order valence-electron chi connectivity index (χ0n) is 32.3. The van der Waals surface area contributed by atoms with Crippen molar-refractivity contribution in [1.82, 2.24) is 5.32 Å². The van der Waals surface area contributed by atoms with Crippen molar-refractivity contribution < 1.29 is 19.4 Å². The Balaban J connectivity index is 3.79. The third-order valence-corrected chi connectivity index (χ3v) is 9.23. The molecule has 5 nitrogen and oxygen atoms in total. The van der Waals surface area contributed by atoms with Gasteiger partial charge in [-0.3, -0.25) is 4.79 Å².